The molecule has 0 bridgehead atoms. The third-order valence-corrected chi connectivity index (χ3v) is 5.61. The van der Waals surface area contributed by atoms with Crippen molar-refractivity contribution in [2.24, 2.45) is 0 Å². The van der Waals surface area contributed by atoms with Crippen molar-refractivity contribution in [2.45, 2.75) is 39.5 Å². The number of carbonyl (C=O) groups is 1. The first-order chi connectivity index (χ1) is 8.49. The second kappa shape index (κ2) is 5.37. The summed E-state index contributed by atoms with van der Waals surface area (Å²) in [5, 5.41) is 0. The van der Waals surface area contributed by atoms with E-state index in [1.807, 2.05) is 12.1 Å². The maximum Gasteiger partial charge on any atom is 0.212 e. The van der Waals surface area contributed by atoms with E-state index < -0.39 is 0 Å². The minimum atomic E-state index is 0.170. The lowest BCUT2D eigenvalue weighted by atomic mass is 10.2. The number of hydrogen-bond donors (Lipinski definition) is 0. The fourth-order valence-electron chi connectivity index (χ4n) is 1.69. The van der Waals surface area contributed by atoms with Gasteiger partial charge in [0.1, 0.15) is 0 Å². The summed E-state index contributed by atoms with van der Waals surface area (Å²) in [6, 6.07) is 8.05. The summed E-state index contributed by atoms with van der Waals surface area (Å²) in [6.45, 7) is 8.62. The van der Waals surface area contributed by atoms with E-state index in [0.29, 0.717) is 11.8 Å². The molecule has 0 aromatic carbocycles. The first kappa shape index (κ1) is 13.5. The molecule has 3 heteroatoms. The fourth-order valence-corrected chi connectivity index (χ4v) is 3.69. The van der Waals surface area contributed by atoms with E-state index in [-0.39, 0.29) is 5.78 Å². The normalized spacial score (nSPS) is 11.4. The molecule has 0 aliphatic rings. The van der Waals surface area contributed by atoms with Crippen molar-refractivity contribution in [3.05, 3.63) is 43.8 Å². The van der Waals surface area contributed by atoms with Gasteiger partial charge in [-0.25, -0.2) is 0 Å². The van der Waals surface area contributed by atoms with Crippen LogP contribution in [0.4, 0.5) is 0 Å². The lowest BCUT2D eigenvalue weighted by Gasteiger charge is -1.98. The molecule has 0 N–H and O–H groups in total. The zero-order valence-corrected chi connectivity index (χ0v) is 12.8. The average Bonchev–Trinajstić information content (AvgIpc) is 2.97. The summed E-state index contributed by atoms with van der Waals surface area (Å²) in [5.74, 6) is 1.15. The average molecular weight is 278 g/mol. The maximum absolute atomic E-state index is 12.3. The molecule has 0 fully saturated rings. The number of rotatable bonds is 4. The van der Waals surface area contributed by atoms with Gasteiger partial charge in [0, 0.05) is 9.75 Å². The van der Waals surface area contributed by atoms with Gasteiger partial charge in [-0.3, -0.25) is 4.79 Å². The van der Waals surface area contributed by atoms with Crippen molar-refractivity contribution in [3.8, 4) is 0 Å². The molecule has 0 aliphatic carbocycles. The molecule has 2 aromatic heterocycles. The molecule has 2 aromatic rings. The fraction of sp³-hybridized carbons (Fsp3) is 0.400. The van der Waals surface area contributed by atoms with Gasteiger partial charge < -0.3 is 0 Å². The minimum absolute atomic E-state index is 0.170. The van der Waals surface area contributed by atoms with Gasteiger partial charge in [-0.2, -0.15) is 0 Å². The first-order valence-electron chi connectivity index (χ1n) is 6.23. The highest BCUT2D eigenvalue weighted by Crippen LogP contribution is 2.30. The van der Waals surface area contributed by atoms with E-state index >= 15 is 0 Å². The van der Waals surface area contributed by atoms with Crippen molar-refractivity contribution in [1.82, 2.24) is 0 Å². The Hall–Kier alpha value is -0.930. The van der Waals surface area contributed by atoms with Crippen LogP contribution in [0.15, 0.2) is 24.3 Å². The number of thiophene rings is 2. The third kappa shape index (κ3) is 2.73. The quantitative estimate of drug-likeness (QED) is 0.695. The van der Waals surface area contributed by atoms with Crippen LogP contribution in [-0.4, -0.2) is 5.78 Å². The molecule has 0 unspecified atom stereocenters. The molecule has 0 radical (unpaired) electrons. The Morgan fingerprint density at radius 3 is 1.50 bits per heavy atom. The Morgan fingerprint density at radius 2 is 1.22 bits per heavy atom. The highest BCUT2D eigenvalue weighted by Gasteiger charge is 2.15. The van der Waals surface area contributed by atoms with Crippen molar-refractivity contribution in [2.75, 3.05) is 0 Å². The predicted molar refractivity (Wildman–Crippen MR) is 80.2 cm³/mol. The molecule has 2 rings (SSSR count). The van der Waals surface area contributed by atoms with Crippen molar-refractivity contribution >= 4 is 28.5 Å². The van der Waals surface area contributed by atoms with Crippen LogP contribution in [0.2, 0.25) is 0 Å². The van der Waals surface area contributed by atoms with Crippen LogP contribution in [0.3, 0.4) is 0 Å². The molecule has 0 saturated carbocycles. The van der Waals surface area contributed by atoms with Gasteiger partial charge in [-0.15, -0.1) is 22.7 Å². The Morgan fingerprint density at radius 1 is 0.833 bits per heavy atom. The molecule has 0 atom stereocenters. The number of ketones is 1. The maximum atomic E-state index is 12.3. The van der Waals surface area contributed by atoms with E-state index in [0.717, 1.165) is 9.75 Å². The number of hydrogen-bond acceptors (Lipinski definition) is 3. The van der Waals surface area contributed by atoms with Gasteiger partial charge >= 0.3 is 0 Å². The topological polar surface area (TPSA) is 17.1 Å². The molecule has 0 amide bonds. The zero-order valence-electron chi connectivity index (χ0n) is 11.2. The van der Waals surface area contributed by atoms with Crippen molar-refractivity contribution in [1.29, 1.82) is 0 Å². The van der Waals surface area contributed by atoms with Crippen LogP contribution in [0.25, 0.3) is 0 Å². The monoisotopic (exact) mass is 278 g/mol. The van der Waals surface area contributed by atoms with Crippen LogP contribution in [0.1, 0.15) is 63.8 Å². The molecule has 18 heavy (non-hydrogen) atoms. The summed E-state index contributed by atoms with van der Waals surface area (Å²) in [4.78, 5) is 16.6. The summed E-state index contributed by atoms with van der Waals surface area (Å²) >= 11 is 3.24. The van der Waals surface area contributed by atoms with E-state index in [2.05, 4.69) is 39.8 Å². The predicted octanol–water partition coefficient (Wildman–Crippen LogP) is 5.29. The Labute approximate surface area is 116 Å². The summed E-state index contributed by atoms with van der Waals surface area (Å²) < 4.78 is 0. The molecule has 2 heterocycles. The van der Waals surface area contributed by atoms with Crippen molar-refractivity contribution in [3.63, 3.8) is 0 Å². The van der Waals surface area contributed by atoms with Crippen LogP contribution in [0, 0.1) is 0 Å². The van der Waals surface area contributed by atoms with Crippen LogP contribution in [0.5, 0.6) is 0 Å². The summed E-state index contributed by atoms with van der Waals surface area (Å²) in [5.41, 5.74) is 0. The largest absolute Gasteiger partial charge is 0.287 e. The molecule has 0 saturated heterocycles. The summed E-state index contributed by atoms with van der Waals surface area (Å²) in [7, 11) is 0. The highest BCUT2D eigenvalue weighted by atomic mass is 32.1. The highest BCUT2D eigenvalue weighted by molar-refractivity contribution is 7.17. The van der Waals surface area contributed by atoms with Gasteiger partial charge in [0.25, 0.3) is 0 Å². The van der Waals surface area contributed by atoms with Gasteiger partial charge in [-0.05, 0) is 36.1 Å². The number of carbonyl (C=O) groups excluding carboxylic acids is 1. The third-order valence-electron chi connectivity index (χ3n) is 2.84. The Kier molecular flexibility index (Phi) is 4.03. The second-order valence-electron chi connectivity index (χ2n) is 5.04. The molecule has 1 nitrogen and oxygen atoms in total. The molecule has 0 spiro atoms. The minimum Gasteiger partial charge on any atom is -0.287 e. The zero-order chi connectivity index (χ0) is 13.3. The van der Waals surface area contributed by atoms with Gasteiger partial charge in [0.05, 0.1) is 9.75 Å². The lowest BCUT2D eigenvalue weighted by Crippen LogP contribution is -1.94. The van der Waals surface area contributed by atoms with E-state index in [1.54, 1.807) is 22.7 Å². The lowest BCUT2D eigenvalue weighted by molar-refractivity contribution is 0.104. The first-order valence-corrected chi connectivity index (χ1v) is 7.86. The second-order valence-corrected chi connectivity index (χ2v) is 7.27. The molecule has 0 aliphatic heterocycles. The van der Waals surface area contributed by atoms with E-state index in [4.69, 9.17) is 0 Å². The van der Waals surface area contributed by atoms with Gasteiger partial charge in [0.2, 0.25) is 5.78 Å². The van der Waals surface area contributed by atoms with E-state index in [9.17, 15) is 4.79 Å². The van der Waals surface area contributed by atoms with Gasteiger partial charge in [0.15, 0.2) is 0 Å². The Bertz CT molecular complexity index is 498. The molecule has 96 valence electrons. The summed E-state index contributed by atoms with van der Waals surface area (Å²) in [6.07, 6.45) is 0. The SMILES string of the molecule is CC(C)c1ccc(C(=O)c2ccc(C(C)C)s2)s1. The smallest absolute Gasteiger partial charge is 0.212 e. The van der Waals surface area contributed by atoms with Gasteiger partial charge in [-0.1, -0.05) is 27.7 Å². The standard InChI is InChI=1S/C15H18OS2/c1-9(2)11-5-7-13(17-11)15(16)14-8-6-12(18-14)10(3)4/h5-10H,1-4H3. The molecular weight excluding hydrogens is 260 g/mol. The van der Waals surface area contributed by atoms with Crippen LogP contribution >= 0.6 is 22.7 Å². The van der Waals surface area contributed by atoms with Crippen molar-refractivity contribution < 1.29 is 4.79 Å². The Balaban J connectivity index is 2.24. The van der Waals surface area contributed by atoms with Crippen LogP contribution < -0.4 is 0 Å². The van der Waals surface area contributed by atoms with Crippen LogP contribution in [-0.2, 0) is 0 Å². The molecular formula is C15H18OS2. The van der Waals surface area contributed by atoms with E-state index in [1.165, 1.54) is 9.75 Å².